The van der Waals surface area contributed by atoms with Crippen LogP contribution in [0.5, 0.6) is 0 Å². The lowest BCUT2D eigenvalue weighted by atomic mass is 10.1. The molecule has 1 aromatic carbocycles. The zero-order valence-electron chi connectivity index (χ0n) is 13.4. The molecule has 2 N–H and O–H groups in total. The molecule has 0 spiro atoms. The summed E-state index contributed by atoms with van der Waals surface area (Å²) in [6.45, 7) is 1.52. The number of carbonyl (C=O) groups is 1. The zero-order valence-corrected chi connectivity index (χ0v) is 13.4. The predicted octanol–water partition coefficient (Wildman–Crippen LogP) is 2.41. The quantitative estimate of drug-likeness (QED) is 0.614. The number of esters is 1. The average molecular weight is 354 g/mol. The van der Waals surface area contributed by atoms with Crippen LogP contribution in [-0.2, 0) is 4.74 Å². The van der Waals surface area contributed by atoms with Crippen molar-refractivity contribution in [2.45, 2.75) is 31.2 Å². The van der Waals surface area contributed by atoms with Crippen LogP contribution in [0, 0.1) is 0 Å². The molecule has 25 heavy (non-hydrogen) atoms. The van der Waals surface area contributed by atoms with Crippen molar-refractivity contribution in [2.75, 3.05) is 6.61 Å². The Morgan fingerprint density at radius 1 is 1.32 bits per heavy atom. The fourth-order valence-electron chi connectivity index (χ4n) is 2.52. The van der Waals surface area contributed by atoms with Gasteiger partial charge in [0.2, 0.25) is 0 Å². The maximum absolute atomic E-state index is 12.8. The van der Waals surface area contributed by atoms with E-state index in [-0.39, 0.29) is 18.3 Å². The molecular weight excluding hydrogens is 337 g/mol. The lowest BCUT2D eigenvalue weighted by Gasteiger charge is -2.17. The Bertz CT molecular complexity index is 741. The molecular formula is C16H17F3N4O2. The molecule has 1 atom stereocenters. The van der Waals surface area contributed by atoms with Gasteiger partial charge in [-0.05, 0) is 12.5 Å². The number of alkyl halides is 3. The minimum Gasteiger partial charge on any atom is -0.461 e. The van der Waals surface area contributed by atoms with Crippen LogP contribution in [0.2, 0.25) is 0 Å². The molecule has 1 fully saturated rings. The topological polar surface area (TPSA) is 88.0 Å². The summed E-state index contributed by atoms with van der Waals surface area (Å²) in [7, 11) is 0. The van der Waals surface area contributed by atoms with Crippen molar-refractivity contribution in [1.82, 2.24) is 20.4 Å². The van der Waals surface area contributed by atoms with E-state index in [1.165, 1.54) is 12.5 Å². The molecule has 1 saturated heterocycles. The first kappa shape index (κ1) is 17.4. The first-order valence-electron chi connectivity index (χ1n) is 7.69. The van der Waals surface area contributed by atoms with Gasteiger partial charge in [-0.15, -0.1) is 0 Å². The summed E-state index contributed by atoms with van der Waals surface area (Å²) in [5, 5.41) is 0. The van der Waals surface area contributed by atoms with E-state index in [9.17, 15) is 18.0 Å². The summed E-state index contributed by atoms with van der Waals surface area (Å²) in [4.78, 5) is 16.2. The van der Waals surface area contributed by atoms with Crippen LogP contribution in [0.25, 0.3) is 0 Å². The third-order valence-corrected chi connectivity index (χ3v) is 4.20. The molecule has 0 amide bonds. The highest BCUT2D eigenvalue weighted by atomic mass is 19.4. The molecule has 0 bridgehead atoms. The average Bonchev–Trinajstić information content (AvgIpc) is 3.23. The second-order valence-electron chi connectivity index (χ2n) is 5.81. The van der Waals surface area contributed by atoms with Crippen LogP contribution in [-0.4, -0.2) is 34.0 Å². The summed E-state index contributed by atoms with van der Waals surface area (Å²) in [5.41, 5.74) is 3.12. The number of hydrogen-bond acceptors (Lipinski definition) is 5. The minimum atomic E-state index is -4.46. The van der Waals surface area contributed by atoms with Gasteiger partial charge in [-0.1, -0.05) is 30.3 Å². The molecule has 0 radical (unpaired) electrons. The van der Waals surface area contributed by atoms with Crippen molar-refractivity contribution in [3.63, 3.8) is 0 Å². The van der Waals surface area contributed by atoms with Gasteiger partial charge in [0.05, 0.1) is 25.2 Å². The van der Waals surface area contributed by atoms with Crippen molar-refractivity contribution < 1.29 is 22.7 Å². The van der Waals surface area contributed by atoms with Crippen molar-refractivity contribution in [2.24, 2.45) is 0 Å². The van der Waals surface area contributed by atoms with Gasteiger partial charge in [0.15, 0.2) is 5.66 Å². The summed E-state index contributed by atoms with van der Waals surface area (Å²) in [6, 6.07) is 9.31. The van der Waals surface area contributed by atoms with Gasteiger partial charge in [0, 0.05) is 6.42 Å². The Morgan fingerprint density at radius 3 is 2.60 bits per heavy atom. The highest BCUT2D eigenvalue weighted by Crippen LogP contribution is 2.36. The van der Waals surface area contributed by atoms with Crippen LogP contribution < -0.4 is 10.9 Å². The lowest BCUT2D eigenvalue weighted by molar-refractivity contribution is -0.166. The highest BCUT2D eigenvalue weighted by Gasteiger charge is 2.63. The Labute approximate surface area is 142 Å². The van der Waals surface area contributed by atoms with E-state index < -0.39 is 24.2 Å². The van der Waals surface area contributed by atoms with Gasteiger partial charge in [0.25, 0.3) is 0 Å². The number of hydrazine groups is 1. The second-order valence-corrected chi connectivity index (χ2v) is 5.81. The largest absolute Gasteiger partial charge is 0.461 e. The Balaban J connectivity index is 1.63. The monoisotopic (exact) mass is 354 g/mol. The number of ether oxygens (including phenoxy) is 1. The fourth-order valence-corrected chi connectivity index (χ4v) is 2.52. The molecule has 9 heteroatoms. The van der Waals surface area contributed by atoms with Crippen LogP contribution >= 0.6 is 0 Å². The first-order chi connectivity index (χ1) is 11.8. The molecule has 3 rings (SSSR count). The minimum absolute atomic E-state index is 0.167. The van der Waals surface area contributed by atoms with Crippen molar-refractivity contribution >= 4 is 5.97 Å². The van der Waals surface area contributed by atoms with Gasteiger partial charge in [-0.25, -0.2) is 20.6 Å². The van der Waals surface area contributed by atoms with Crippen LogP contribution in [0.1, 0.15) is 35.4 Å². The molecule has 1 aliphatic rings. The molecule has 2 heterocycles. The van der Waals surface area contributed by atoms with Crippen LogP contribution in [0.3, 0.4) is 0 Å². The van der Waals surface area contributed by atoms with E-state index in [2.05, 4.69) is 15.8 Å². The van der Waals surface area contributed by atoms with E-state index in [0.717, 1.165) is 5.56 Å². The number of carbonyl (C=O) groups excluding carboxylic acids is 1. The number of aromatic nitrogens is 2. The third kappa shape index (κ3) is 3.52. The van der Waals surface area contributed by atoms with Gasteiger partial charge in [-0.2, -0.15) is 13.2 Å². The normalized spacial score (nSPS) is 17.1. The zero-order chi connectivity index (χ0) is 18.1. The van der Waals surface area contributed by atoms with E-state index in [0.29, 0.717) is 0 Å². The smallest absolute Gasteiger partial charge is 0.422 e. The van der Waals surface area contributed by atoms with Gasteiger partial charge in [-0.3, -0.25) is 0 Å². The summed E-state index contributed by atoms with van der Waals surface area (Å²) in [6.07, 6.45) is -2.03. The van der Waals surface area contributed by atoms with Crippen molar-refractivity contribution in [1.29, 1.82) is 0 Å². The van der Waals surface area contributed by atoms with Gasteiger partial charge < -0.3 is 9.30 Å². The molecule has 6 nitrogen and oxygen atoms in total. The van der Waals surface area contributed by atoms with Crippen LogP contribution in [0.15, 0.2) is 42.9 Å². The van der Waals surface area contributed by atoms with E-state index >= 15 is 0 Å². The van der Waals surface area contributed by atoms with Crippen molar-refractivity contribution in [3.8, 4) is 0 Å². The number of hydrogen-bond donors (Lipinski definition) is 2. The molecule has 0 saturated carbocycles. The van der Waals surface area contributed by atoms with E-state index in [4.69, 9.17) is 4.74 Å². The molecule has 1 aliphatic heterocycles. The predicted molar refractivity (Wildman–Crippen MR) is 82.4 cm³/mol. The summed E-state index contributed by atoms with van der Waals surface area (Å²) in [5.74, 6) is -0.710. The maximum Gasteiger partial charge on any atom is 0.422 e. The highest BCUT2D eigenvalue weighted by molar-refractivity contribution is 5.87. The lowest BCUT2D eigenvalue weighted by Crippen LogP contribution is -2.38. The Hall–Kier alpha value is -2.39. The number of benzene rings is 1. The number of nitrogens with zero attached hydrogens (tertiary/aromatic N) is 2. The summed E-state index contributed by atoms with van der Waals surface area (Å²) < 4.78 is 44.9. The van der Waals surface area contributed by atoms with Crippen molar-refractivity contribution in [3.05, 3.63) is 54.1 Å². The number of imidazole rings is 1. The van der Waals surface area contributed by atoms with Gasteiger partial charge in [0.1, 0.15) is 5.69 Å². The number of nitrogens with one attached hydrogen (secondary N) is 2. The van der Waals surface area contributed by atoms with E-state index in [1.54, 1.807) is 4.57 Å². The Morgan fingerprint density at radius 2 is 2.00 bits per heavy atom. The molecule has 134 valence electrons. The molecule has 0 aliphatic carbocycles. The van der Waals surface area contributed by atoms with Crippen LogP contribution in [0.4, 0.5) is 13.2 Å². The van der Waals surface area contributed by atoms with E-state index in [1.807, 2.05) is 37.3 Å². The molecule has 2 aromatic rings. The number of halogens is 3. The second kappa shape index (κ2) is 6.49. The standard InChI is InChI=1S/C16H17F3N4O2/c1-11(12-5-3-2-4-6-12)23-10-20-9-13(23)14(24)25-8-7-15(21-22-15)16(17,18)19/h2-6,9-11,21-22H,7-8H2,1H3. The number of rotatable bonds is 6. The van der Waals surface area contributed by atoms with Gasteiger partial charge >= 0.3 is 12.1 Å². The molecule has 1 unspecified atom stereocenters. The fraction of sp³-hybridized carbons (Fsp3) is 0.375. The third-order valence-electron chi connectivity index (χ3n) is 4.20. The SMILES string of the molecule is CC(c1ccccc1)n1cncc1C(=O)OCCC1(C(F)(F)F)NN1. The maximum atomic E-state index is 12.8. The first-order valence-corrected chi connectivity index (χ1v) is 7.69. The summed E-state index contributed by atoms with van der Waals surface area (Å²) >= 11 is 0. The Kier molecular flexibility index (Phi) is 4.53. The molecule has 1 aromatic heterocycles.